The summed E-state index contributed by atoms with van der Waals surface area (Å²) in [5.41, 5.74) is 3.04. The first-order valence-electron chi connectivity index (χ1n) is 6.89. The standard InChI is InChI=1S/C17H12ClN3OS/c1-21-14-8-7-12(18)9-13(14)15(11-5-3-2-4-6-11)20-16(17(21)22)19-10-23/h2-9,16H,1H3. The van der Waals surface area contributed by atoms with Crippen LogP contribution in [-0.2, 0) is 4.79 Å². The van der Waals surface area contributed by atoms with Crippen molar-refractivity contribution in [2.24, 2.45) is 9.98 Å². The summed E-state index contributed by atoms with van der Waals surface area (Å²) in [4.78, 5) is 22.5. The van der Waals surface area contributed by atoms with Crippen LogP contribution in [0.3, 0.4) is 0 Å². The van der Waals surface area contributed by atoms with Gasteiger partial charge in [0.25, 0.3) is 5.91 Å². The van der Waals surface area contributed by atoms with Crippen molar-refractivity contribution in [1.29, 1.82) is 0 Å². The topological polar surface area (TPSA) is 45.0 Å². The third kappa shape index (κ3) is 2.94. The van der Waals surface area contributed by atoms with Crippen LogP contribution in [0.5, 0.6) is 0 Å². The highest BCUT2D eigenvalue weighted by Gasteiger charge is 2.29. The maximum absolute atomic E-state index is 12.6. The zero-order valence-electron chi connectivity index (χ0n) is 12.2. The maximum Gasteiger partial charge on any atom is 0.274 e. The highest BCUT2D eigenvalue weighted by atomic mass is 35.5. The molecule has 0 saturated carbocycles. The summed E-state index contributed by atoms with van der Waals surface area (Å²) < 4.78 is 0. The molecule has 114 valence electrons. The zero-order valence-corrected chi connectivity index (χ0v) is 13.8. The van der Waals surface area contributed by atoms with E-state index in [-0.39, 0.29) is 5.91 Å². The lowest BCUT2D eigenvalue weighted by Crippen LogP contribution is -2.33. The summed E-state index contributed by atoms with van der Waals surface area (Å²) in [5, 5.41) is 2.83. The molecule has 2 aromatic carbocycles. The Labute approximate surface area is 144 Å². The number of aliphatic imine (C=N–C) groups is 2. The molecule has 0 bridgehead atoms. The second-order valence-electron chi connectivity index (χ2n) is 5.00. The Hall–Kier alpha value is -2.33. The summed E-state index contributed by atoms with van der Waals surface area (Å²) in [6, 6.07) is 15.0. The fourth-order valence-electron chi connectivity index (χ4n) is 2.49. The van der Waals surface area contributed by atoms with Gasteiger partial charge in [0, 0.05) is 23.2 Å². The molecule has 0 aromatic heterocycles. The number of halogens is 1. The van der Waals surface area contributed by atoms with Crippen molar-refractivity contribution in [3.8, 4) is 0 Å². The SMILES string of the molecule is CN1C(=O)C(N=C=S)N=C(c2ccccc2)c2cc(Cl)ccc21. The molecule has 1 amide bonds. The number of benzodiazepines with no additional fused rings is 1. The van der Waals surface area contributed by atoms with E-state index in [9.17, 15) is 4.79 Å². The molecule has 1 aliphatic rings. The molecule has 0 aliphatic carbocycles. The van der Waals surface area contributed by atoms with E-state index >= 15 is 0 Å². The minimum atomic E-state index is -0.945. The summed E-state index contributed by atoms with van der Waals surface area (Å²) in [5.74, 6) is -0.267. The number of likely N-dealkylation sites (N-methyl/N-ethyl adjacent to an activating group) is 1. The molecule has 0 N–H and O–H groups in total. The molecule has 0 radical (unpaired) electrons. The normalized spacial score (nSPS) is 17.0. The molecule has 0 saturated heterocycles. The summed E-state index contributed by atoms with van der Waals surface area (Å²) in [6.45, 7) is 0. The molecule has 1 atom stereocenters. The fraction of sp³-hybridized carbons (Fsp3) is 0.118. The second kappa shape index (κ2) is 6.42. The van der Waals surface area contributed by atoms with E-state index in [0.717, 1.165) is 16.8 Å². The number of anilines is 1. The Balaban J connectivity index is 2.30. The van der Waals surface area contributed by atoms with Gasteiger partial charge in [-0.2, -0.15) is 4.99 Å². The molecule has 1 unspecified atom stereocenters. The minimum Gasteiger partial charge on any atom is -0.311 e. The molecule has 3 rings (SSSR count). The van der Waals surface area contributed by atoms with Gasteiger partial charge in [-0.3, -0.25) is 4.79 Å². The Morgan fingerprint density at radius 1 is 1.26 bits per heavy atom. The van der Waals surface area contributed by atoms with Gasteiger partial charge in [0.05, 0.1) is 16.6 Å². The molecule has 2 aromatic rings. The number of hydrogen-bond donors (Lipinski definition) is 0. The van der Waals surface area contributed by atoms with Gasteiger partial charge in [0.1, 0.15) is 0 Å². The van der Waals surface area contributed by atoms with Gasteiger partial charge >= 0.3 is 0 Å². The summed E-state index contributed by atoms with van der Waals surface area (Å²) >= 11 is 10.8. The van der Waals surface area contributed by atoms with Crippen LogP contribution >= 0.6 is 23.8 Å². The average Bonchev–Trinajstić information content (AvgIpc) is 2.66. The predicted molar refractivity (Wildman–Crippen MR) is 95.8 cm³/mol. The Kier molecular flexibility index (Phi) is 4.35. The number of hydrogen-bond acceptors (Lipinski definition) is 4. The van der Waals surface area contributed by atoms with Crippen LogP contribution in [0.15, 0.2) is 58.5 Å². The summed E-state index contributed by atoms with van der Waals surface area (Å²) in [7, 11) is 1.68. The van der Waals surface area contributed by atoms with Crippen molar-refractivity contribution in [2.45, 2.75) is 6.17 Å². The molecular weight excluding hydrogens is 330 g/mol. The van der Waals surface area contributed by atoms with Crippen molar-refractivity contribution in [1.82, 2.24) is 0 Å². The largest absolute Gasteiger partial charge is 0.311 e. The highest BCUT2D eigenvalue weighted by molar-refractivity contribution is 7.78. The van der Waals surface area contributed by atoms with Gasteiger partial charge in [0.15, 0.2) is 0 Å². The van der Waals surface area contributed by atoms with Crippen LogP contribution in [0, 0.1) is 0 Å². The quantitative estimate of drug-likeness (QED) is 0.619. The number of amides is 1. The van der Waals surface area contributed by atoms with Crippen LogP contribution in [-0.4, -0.2) is 30.0 Å². The summed E-state index contributed by atoms with van der Waals surface area (Å²) in [6.07, 6.45) is -0.945. The van der Waals surface area contributed by atoms with Crippen LogP contribution in [0.1, 0.15) is 11.1 Å². The van der Waals surface area contributed by atoms with Crippen LogP contribution in [0.2, 0.25) is 5.02 Å². The van der Waals surface area contributed by atoms with E-state index in [2.05, 4.69) is 27.4 Å². The molecule has 0 spiro atoms. The zero-order chi connectivity index (χ0) is 16.4. The molecule has 4 nitrogen and oxygen atoms in total. The monoisotopic (exact) mass is 341 g/mol. The van der Waals surface area contributed by atoms with E-state index in [1.165, 1.54) is 4.90 Å². The number of isothiocyanates is 1. The molecule has 1 aliphatic heterocycles. The average molecular weight is 342 g/mol. The van der Waals surface area contributed by atoms with Gasteiger partial charge in [-0.15, -0.1) is 0 Å². The smallest absolute Gasteiger partial charge is 0.274 e. The lowest BCUT2D eigenvalue weighted by atomic mass is 10.0. The van der Waals surface area contributed by atoms with E-state index in [0.29, 0.717) is 10.7 Å². The fourth-order valence-corrected chi connectivity index (χ4v) is 2.76. The minimum absolute atomic E-state index is 0.267. The van der Waals surface area contributed by atoms with Crippen LogP contribution < -0.4 is 4.90 Å². The van der Waals surface area contributed by atoms with Crippen LogP contribution in [0.25, 0.3) is 0 Å². The van der Waals surface area contributed by atoms with E-state index in [4.69, 9.17) is 11.6 Å². The van der Waals surface area contributed by atoms with Gasteiger partial charge in [-0.25, -0.2) is 4.99 Å². The van der Waals surface area contributed by atoms with Gasteiger partial charge in [0.2, 0.25) is 6.17 Å². The first-order valence-corrected chi connectivity index (χ1v) is 7.68. The predicted octanol–water partition coefficient (Wildman–Crippen LogP) is 3.58. The number of carbonyl (C=O) groups excluding carboxylic acids is 1. The van der Waals surface area contributed by atoms with E-state index < -0.39 is 6.17 Å². The first kappa shape index (κ1) is 15.6. The van der Waals surface area contributed by atoms with E-state index in [1.807, 2.05) is 30.3 Å². The Morgan fingerprint density at radius 3 is 2.70 bits per heavy atom. The number of benzene rings is 2. The number of thiocarbonyl (C=S) groups is 1. The van der Waals surface area contributed by atoms with Crippen molar-refractivity contribution in [2.75, 3.05) is 11.9 Å². The van der Waals surface area contributed by atoms with Crippen LogP contribution in [0.4, 0.5) is 5.69 Å². The third-order valence-electron chi connectivity index (χ3n) is 3.60. The first-order chi connectivity index (χ1) is 11.1. The van der Waals surface area contributed by atoms with Crippen molar-refractivity contribution < 1.29 is 4.79 Å². The molecule has 1 heterocycles. The molecule has 0 fully saturated rings. The van der Waals surface area contributed by atoms with Crippen molar-refractivity contribution in [3.63, 3.8) is 0 Å². The second-order valence-corrected chi connectivity index (χ2v) is 5.62. The third-order valence-corrected chi connectivity index (χ3v) is 3.94. The lowest BCUT2D eigenvalue weighted by molar-refractivity contribution is -0.119. The number of carbonyl (C=O) groups is 1. The number of nitrogens with zero attached hydrogens (tertiary/aromatic N) is 3. The van der Waals surface area contributed by atoms with Gasteiger partial charge in [-0.05, 0) is 30.4 Å². The Morgan fingerprint density at radius 2 is 2.00 bits per heavy atom. The van der Waals surface area contributed by atoms with Crippen molar-refractivity contribution >= 4 is 46.3 Å². The van der Waals surface area contributed by atoms with Gasteiger partial charge < -0.3 is 4.90 Å². The lowest BCUT2D eigenvalue weighted by Gasteiger charge is -2.18. The van der Waals surface area contributed by atoms with E-state index in [1.54, 1.807) is 25.2 Å². The number of rotatable bonds is 2. The highest BCUT2D eigenvalue weighted by Crippen LogP contribution is 2.30. The van der Waals surface area contributed by atoms with Crippen molar-refractivity contribution in [3.05, 3.63) is 64.7 Å². The Bertz CT molecular complexity index is 844. The molecule has 6 heteroatoms. The molecular formula is C17H12ClN3OS. The maximum atomic E-state index is 12.6. The van der Waals surface area contributed by atoms with Gasteiger partial charge in [-0.1, -0.05) is 41.9 Å². The number of fused-ring (bicyclic) bond motifs is 1. The molecule has 23 heavy (non-hydrogen) atoms.